The Labute approximate surface area is 264 Å². The lowest BCUT2D eigenvalue weighted by Crippen LogP contribution is -2.53. The summed E-state index contributed by atoms with van der Waals surface area (Å²) in [5.74, 6) is 0.0963. The van der Waals surface area contributed by atoms with Crippen molar-refractivity contribution in [3.05, 3.63) is 82.4 Å². The topological polar surface area (TPSA) is 117 Å². The fourth-order valence-electron chi connectivity index (χ4n) is 6.05. The van der Waals surface area contributed by atoms with Crippen LogP contribution in [0.15, 0.2) is 65.6 Å². The number of fused-ring (bicyclic) bond motifs is 1. The van der Waals surface area contributed by atoms with Crippen LogP contribution in [0.5, 0.6) is 11.5 Å². The highest BCUT2D eigenvalue weighted by molar-refractivity contribution is 7.89. The van der Waals surface area contributed by atoms with Crippen LogP contribution in [0, 0.1) is 0 Å². The van der Waals surface area contributed by atoms with Gasteiger partial charge in [-0.05, 0) is 81.8 Å². The van der Waals surface area contributed by atoms with Crippen molar-refractivity contribution < 1.29 is 27.8 Å². The molecule has 11 heteroatoms. The van der Waals surface area contributed by atoms with Gasteiger partial charge < -0.3 is 19.9 Å². The molecule has 1 amide bonds. The molecule has 2 aliphatic rings. The number of ether oxygens (including phenoxy) is 2. The summed E-state index contributed by atoms with van der Waals surface area (Å²) in [6.45, 7) is 4.05. The quantitative estimate of drug-likeness (QED) is 0.266. The van der Waals surface area contributed by atoms with Gasteiger partial charge in [0.2, 0.25) is 10.0 Å². The second kappa shape index (κ2) is 13.1. The molecule has 0 bridgehead atoms. The van der Waals surface area contributed by atoms with Gasteiger partial charge in [0.25, 0.3) is 5.91 Å². The first kappa shape index (κ1) is 32.2. The van der Waals surface area contributed by atoms with Gasteiger partial charge in [0.15, 0.2) is 0 Å². The molecule has 0 aromatic heterocycles. The standard InChI is InChI=1S/C33H40ClN3O6S/c1-33(2)31(38)30(36-44(40,41)29-19-23(34)15-17-28(29)42-4)25-18-21(14-16-27(25)43-33)32(39)35-26-13-9-8-10-22(26)20-37(3)24-11-6-5-7-12-24/h8-10,13-19,24,30-31,36,38H,5-7,11-12,20H2,1-4H3,(H,35,39)/t30-,31+/m1/s1. The van der Waals surface area contributed by atoms with Crippen LogP contribution in [0.1, 0.15) is 73.5 Å². The van der Waals surface area contributed by atoms with Crippen molar-refractivity contribution in [2.45, 2.75) is 81.2 Å². The number of anilines is 1. The SMILES string of the molecule is COc1ccc(Cl)cc1S(=O)(=O)N[C@@H]1c2cc(C(=O)Nc3ccccc3CN(C)C3CCCCC3)ccc2OC(C)(C)[C@H]1O. The number of para-hydroxylation sites is 1. The summed E-state index contributed by atoms with van der Waals surface area (Å²) in [4.78, 5) is 15.8. The fourth-order valence-corrected chi connectivity index (χ4v) is 7.71. The van der Waals surface area contributed by atoms with Crippen molar-refractivity contribution in [3.63, 3.8) is 0 Å². The van der Waals surface area contributed by atoms with Crippen LogP contribution >= 0.6 is 11.6 Å². The number of aliphatic hydroxyl groups excluding tert-OH is 1. The zero-order chi connectivity index (χ0) is 31.6. The number of halogens is 1. The van der Waals surface area contributed by atoms with E-state index in [-0.39, 0.29) is 21.6 Å². The molecule has 0 saturated heterocycles. The molecule has 3 aromatic rings. The largest absolute Gasteiger partial charge is 0.495 e. The Hall–Kier alpha value is -3.15. The van der Waals surface area contributed by atoms with Crippen molar-refractivity contribution in [1.82, 2.24) is 9.62 Å². The first-order chi connectivity index (χ1) is 20.9. The van der Waals surface area contributed by atoms with Crippen LogP contribution in [-0.4, -0.2) is 56.2 Å². The second-order valence-corrected chi connectivity index (χ2v) is 14.2. The molecule has 3 N–H and O–H groups in total. The molecule has 0 unspecified atom stereocenters. The summed E-state index contributed by atoms with van der Waals surface area (Å²) in [5, 5.41) is 14.6. The zero-order valence-corrected chi connectivity index (χ0v) is 27.0. The minimum absolute atomic E-state index is 0.101. The number of amides is 1. The summed E-state index contributed by atoms with van der Waals surface area (Å²) < 4.78 is 41.2. The predicted octanol–water partition coefficient (Wildman–Crippen LogP) is 5.92. The highest BCUT2D eigenvalue weighted by Gasteiger charge is 2.45. The highest BCUT2D eigenvalue weighted by Crippen LogP contribution is 2.42. The average molecular weight is 642 g/mol. The molecule has 1 aliphatic heterocycles. The Morgan fingerprint density at radius 2 is 1.82 bits per heavy atom. The second-order valence-electron chi connectivity index (χ2n) is 12.1. The van der Waals surface area contributed by atoms with E-state index in [0.717, 1.165) is 5.56 Å². The van der Waals surface area contributed by atoms with Crippen LogP contribution in [0.3, 0.4) is 0 Å². The Morgan fingerprint density at radius 3 is 2.55 bits per heavy atom. The van der Waals surface area contributed by atoms with Gasteiger partial charge in [-0.1, -0.05) is 49.1 Å². The zero-order valence-electron chi connectivity index (χ0n) is 25.5. The third-order valence-corrected chi connectivity index (χ3v) is 10.3. The monoisotopic (exact) mass is 641 g/mol. The number of hydrogen-bond donors (Lipinski definition) is 3. The highest BCUT2D eigenvalue weighted by atomic mass is 35.5. The van der Waals surface area contributed by atoms with Crippen molar-refractivity contribution in [2.75, 3.05) is 19.5 Å². The number of rotatable bonds is 9. The fraction of sp³-hybridized carbons (Fsp3) is 0.424. The van der Waals surface area contributed by atoms with Gasteiger partial charge in [-0.25, -0.2) is 13.1 Å². The number of nitrogens with zero attached hydrogens (tertiary/aromatic N) is 1. The maximum Gasteiger partial charge on any atom is 0.255 e. The van der Waals surface area contributed by atoms with Crippen LogP contribution in [-0.2, 0) is 16.6 Å². The summed E-state index contributed by atoms with van der Waals surface area (Å²) in [7, 11) is -0.747. The number of sulfonamides is 1. The molecule has 236 valence electrons. The Bertz CT molecular complexity index is 1620. The summed E-state index contributed by atoms with van der Waals surface area (Å²) in [6, 6.07) is 16.2. The first-order valence-corrected chi connectivity index (χ1v) is 16.7. The lowest BCUT2D eigenvalue weighted by Gasteiger charge is -2.42. The third-order valence-electron chi connectivity index (χ3n) is 8.59. The van der Waals surface area contributed by atoms with E-state index in [1.807, 2.05) is 24.3 Å². The molecule has 0 spiro atoms. The van der Waals surface area contributed by atoms with Crippen molar-refractivity contribution >= 4 is 33.2 Å². The minimum atomic E-state index is -4.24. The van der Waals surface area contributed by atoms with Gasteiger partial charge in [-0.3, -0.25) is 9.69 Å². The van der Waals surface area contributed by atoms with Gasteiger partial charge in [0, 0.05) is 34.4 Å². The van der Waals surface area contributed by atoms with E-state index < -0.39 is 27.8 Å². The molecule has 1 saturated carbocycles. The summed E-state index contributed by atoms with van der Waals surface area (Å²) >= 11 is 6.11. The van der Waals surface area contributed by atoms with E-state index in [2.05, 4.69) is 22.0 Å². The van der Waals surface area contributed by atoms with Gasteiger partial charge in [0.05, 0.1) is 13.2 Å². The molecule has 3 aromatic carbocycles. The first-order valence-electron chi connectivity index (χ1n) is 14.9. The molecule has 5 rings (SSSR count). The van der Waals surface area contributed by atoms with Gasteiger partial charge in [-0.2, -0.15) is 0 Å². The molecule has 0 radical (unpaired) electrons. The van der Waals surface area contributed by atoms with Crippen LogP contribution < -0.4 is 19.5 Å². The lowest BCUT2D eigenvalue weighted by atomic mass is 9.86. The maximum absolute atomic E-state index is 13.6. The number of hydrogen-bond acceptors (Lipinski definition) is 7. The van der Waals surface area contributed by atoms with Crippen molar-refractivity contribution in [3.8, 4) is 11.5 Å². The Morgan fingerprint density at radius 1 is 1.09 bits per heavy atom. The number of carbonyl (C=O) groups excluding carboxylic acids is 1. The Kier molecular flexibility index (Phi) is 9.58. The molecule has 44 heavy (non-hydrogen) atoms. The van der Waals surface area contributed by atoms with E-state index >= 15 is 0 Å². The number of nitrogens with one attached hydrogen (secondary N) is 2. The molecule has 9 nitrogen and oxygen atoms in total. The van der Waals surface area contributed by atoms with Gasteiger partial charge in [0.1, 0.15) is 28.1 Å². The Balaban J connectivity index is 1.42. The van der Waals surface area contributed by atoms with E-state index in [0.29, 0.717) is 35.2 Å². The van der Waals surface area contributed by atoms with Crippen molar-refractivity contribution in [1.29, 1.82) is 0 Å². The van der Waals surface area contributed by atoms with Crippen LogP contribution in [0.4, 0.5) is 5.69 Å². The molecule has 1 aliphatic carbocycles. The molecule has 1 heterocycles. The summed E-state index contributed by atoms with van der Waals surface area (Å²) in [6.07, 6.45) is 4.84. The average Bonchev–Trinajstić information content (AvgIpc) is 3.00. The third kappa shape index (κ3) is 6.89. The minimum Gasteiger partial charge on any atom is -0.495 e. The smallest absolute Gasteiger partial charge is 0.255 e. The van der Waals surface area contributed by atoms with E-state index in [4.69, 9.17) is 21.1 Å². The predicted molar refractivity (Wildman–Crippen MR) is 171 cm³/mol. The van der Waals surface area contributed by atoms with Gasteiger partial charge >= 0.3 is 0 Å². The van der Waals surface area contributed by atoms with Crippen LogP contribution in [0.2, 0.25) is 5.02 Å². The number of aliphatic hydroxyl groups is 1. The number of carbonyl (C=O) groups is 1. The van der Waals surface area contributed by atoms with E-state index in [9.17, 15) is 18.3 Å². The maximum atomic E-state index is 13.6. The van der Waals surface area contributed by atoms with E-state index in [1.54, 1.807) is 32.0 Å². The van der Waals surface area contributed by atoms with Crippen LogP contribution in [0.25, 0.3) is 0 Å². The number of methoxy groups -OCH3 is 1. The summed E-state index contributed by atoms with van der Waals surface area (Å²) in [5.41, 5.74) is 1.21. The van der Waals surface area contributed by atoms with E-state index in [1.165, 1.54) is 57.4 Å². The molecular weight excluding hydrogens is 602 g/mol. The lowest BCUT2D eigenvalue weighted by molar-refractivity contribution is -0.0603. The van der Waals surface area contributed by atoms with Gasteiger partial charge in [-0.15, -0.1) is 0 Å². The molecule has 2 atom stereocenters. The molecule has 1 fully saturated rings. The normalized spacial score (nSPS) is 20.1. The number of benzene rings is 3. The molecular formula is C33H40ClN3O6S. The van der Waals surface area contributed by atoms with Crippen molar-refractivity contribution in [2.24, 2.45) is 0 Å².